The topological polar surface area (TPSA) is 38.7 Å². The molecule has 0 saturated carbocycles. The maximum absolute atomic E-state index is 10.7. The maximum Gasteiger partial charge on any atom is 0.128 e. The summed E-state index contributed by atoms with van der Waals surface area (Å²) in [5.74, 6) is 0.855. The molecule has 0 saturated heterocycles. The highest BCUT2D eigenvalue weighted by atomic mass is 16.5. The van der Waals surface area contributed by atoms with E-state index in [9.17, 15) is 5.11 Å². The molecule has 1 unspecified atom stereocenters. The smallest absolute Gasteiger partial charge is 0.128 e. The minimum Gasteiger partial charge on any atom is -0.493 e. The van der Waals surface area contributed by atoms with Crippen LogP contribution in [0.15, 0.2) is 42.5 Å². The Kier molecular flexibility index (Phi) is 4.23. The molecular weight excluding hydrogens is 264 g/mol. The second kappa shape index (κ2) is 6.29. The zero-order chi connectivity index (χ0) is 14.7. The average molecular weight is 284 g/mol. The summed E-state index contributed by atoms with van der Waals surface area (Å²) in [6.07, 6.45) is 1.38. The van der Waals surface area contributed by atoms with Crippen molar-refractivity contribution in [3.63, 3.8) is 0 Å². The highest BCUT2D eigenvalue weighted by Gasteiger charge is 2.20. The van der Waals surface area contributed by atoms with Crippen LogP contribution >= 0.6 is 0 Å². The molecule has 1 N–H and O–H groups in total. The van der Waals surface area contributed by atoms with Crippen molar-refractivity contribution in [1.82, 2.24) is 0 Å². The van der Waals surface area contributed by atoms with Crippen LogP contribution in [0.3, 0.4) is 0 Å². The number of benzene rings is 2. The molecule has 0 aliphatic carbocycles. The van der Waals surface area contributed by atoms with Crippen molar-refractivity contribution in [2.75, 3.05) is 13.7 Å². The molecule has 0 fully saturated rings. The molecule has 0 aromatic heterocycles. The number of rotatable bonds is 4. The molecule has 3 heteroatoms. The van der Waals surface area contributed by atoms with E-state index in [-0.39, 0.29) is 0 Å². The number of aliphatic hydroxyl groups excluding tert-OH is 1. The Bertz CT molecular complexity index is 622. The van der Waals surface area contributed by atoms with Crippen molar-refractivity contribution in [2.24, 2.45) is 0 Å². The van der Waals surface area contributed by atoms with Gasteiger partial charge < -0.3 is 14.6 Å². The molecule has 3 nitrogen and oxygen atoms in total. The van der Waals surface area contributed by atoms with E-state index in [1.807, 2.05) is 36.4 Å². The van der Waals surface area contributed by atoms with E-state index >= 15 is 0 Å². The van der Waals surface area contributed by atoms with Crippen molar-refractivity contribution in [2.45, 2.75) is 25.6 Å². The standard InChI is InChI=1S/C18H20O3/c1-20-12-13-5-2-7-15(11-13)17(19)16-9-3-6-14-8-4-10-21-18(14)16/h2-3,5-7,9,11,17,19H,4,8,10,12H2,1H3. The van der Waals surface area contributed by atoms with Gasteiger partial charge in [0.1, 0.15) is 11.9 Å². The van der Waals surface area contributed by atoms with Gasteiger partial charge in [-0.2, -0.15) is 0 Å². The van der Waals surface area contributed by atoms with Crippen molar-refractivity contribution in [3.05, 3.63) is 64.7 Å². The maximum atomic E-state index is 10.7. The molecule has 0 radical (unpaired) electrons. The highest BCUT2D eigenvalue weighted by Crippen LogP contribution is 2.35. The lowest BCUT2D eigenvalue weighted by molar-refractivity contribution is 0.183. The lowest BCUT2D eigenvalue weighted by Crippen LogP contribution is -2.12. The quantitative estimate of drug-likeness (QED) is 0.936. The molecular formula is C18H20O3. The van der Waals surface area contributed by atoms with Gasteiger partial charge in [0.2, 0.25) is 0 Å². The summed E-state index contributed by atoms with van der Waals surface area (Å²) >= 11 is 0. The zero-order valence-electron chi connectivity index (χ0n) is 12.2. The van der Waals surface area contributed by atoms with Crippen molar-refractivity contribution < 1.29 is 14.6 Å². The number of hydrogen-bond donors (Lipinski definition) is 1. The predicted octanol–water partition coefficient (Wildman–Crippen LogP) is 3.24. The van der Waals surface area contributed by atoms with Gasteiger partial charge in [0.25, 0.3) is 0 Å². The molecule has 0 spiro atoms. The number of fused-ring (bicyclic) bond motifs is 1. The number of hydrogen-bond acceptors (Lipinski definition) is 3. The van der Waals surface area contributed by atoms with Crippen molar-refractivity contribution >= 4 is 0 Å². The van der Waals surface area contributed by atoms with Crippen LogP contribution in [0, 0.1) is 0 Å². The first kappa shape index (κ1) is 14.1. The van der Waals surface area contributed by atoms with Crippen molar-refractivity contribution in [3.8, 4) is 5.75 Å². The first-order valence-electron chi connectivity index (χ1n) is 7.30. The summed E-state index contributed by atoms with van der Waals surface area (Å²) in [6, 6.07) is 13.9. The lowest BCUT2D eigenvalue weighted by atomic mass is 9.95. The van der Waals surface area contributed by atoms with E-state index in [1.54, 1.807) is 7.11 Å². The van der Waals surface area contributed by atoms with Gasteiger partial charge in [-0.25, -0.2) is 0 Å². The second-order valence-corrected chi connectivity index (χ2v) is 5.37. The summed E-state index contributed by atoms with van der Waals surface area (Å²) in [6.45, 7) is 1.27. The third kappa shape index (κ3) is 2.94. The van der Waals surface area contributed by atoms with Gasteiger partial charge in [0.05, 0.1) is 13.2 Å². The second-order valence-electron chi connectivity index (χ2n) is 5.37. The fourth-order valence-electron chi connectivity index (χ4n) is 2.83. The minimum atomic E-state index is -0.671. The Morgan fingerprint density at radius 1 is 1.24 bits per heavy atom. The molecule has 1 aliphatic rings. The third-order valence-electron chi connectivity index (χ3n) is 3.84. The normalized spacial score (nSPS) is 15.1. The van der Waals surface area contributed by atoms with Gasteiger partial charge in [0.15, 0.2) is 0 Å². The van der Waals surface area contributed by atoms with E-state index in [0.717, 1.165) is 41.9 Å². The fourth-order valence-corrected chi connectivity index (χ4v) is 2.83. The Balaban J connectivity index is 1.95. The molecule has 1 heterocycles. The van der Waals surface area contributed by atoms with Crippen LogP contribution in [0.1, 0.15) is 34.8 Å². The van der Waals surface area contributed by atoms with Gasteiger partial charge in [0, 0.05) is 12.7 Å². The molecule has 110 valence electrons. The van der Waals surface area contributed by atoms with Gasteiger partial charge in [-0.3, -0.25) is 0 Å². The highest BCUT2D eigenvalue weighted by molar-refractivity contribution is 5.47. The number of aliphatic hydroxyl groups is 1. The van der Waals surface area contributed by atoms with Crippen LogP contribution in [-0.4, -0.2) is 18.8 Å². The van der Waals surface area contributed by atoms with Crippen LogP contribution < -0.4 is 4.74 Å². The number of para-hydroxylation sites is 1. The van der Waals surface area contributed by atoms with Crippen LogP contribution in [0.5, 0.6) is 5.75 Å². The fraction of sp³-hybridized carbons (Fsp3) is 0.333. The Morgan fingerprint density at radius 2 is 2.10 bits per heavy atom. The van der Waals surface area contributed by atoms with Crippen LogP contribution in [-0.2, 0) is 17.8 Å². The molecule has 1 aliphatic heterocycles. The molecule has 0 bridgehead atoms. The van der Waals surface area contributed by atoms with E-state index in [2.05, 4.69) is 6.07 Å². The lowest BCUT2D eigenvalue weighted by Gasteiger charge is -2.23. The monoisotopic (exact) mass is 284 g/mol. The Labute approximate surface area is 125 Å². The number of ether oxygens (including phenoxy) is 2. The third-order valence-corrected chi connectivity index (χ3v) is 3.84. The van der Waals surface area contributed by atoms with Crippen molar-refractivity contribution in [1.29, 1.82) is 0 Å². The molecule has 2 aromatic carbocycles. The van der Waals surface area contributed by atoms with Gasteiger partial charge >= 0.3 is 0 Å². The van der Waals surface area contributed by atoms with E-state index < -0.39 is 6.10 Å². The van der Waals surface area contributed by atoms with Crippen LogP contribution in [0.4, 0.5) is 0 Å². The van der Waals surface area contributed by atoms with Gasteiger partial charge in [-0.05, 0) is 29.5 Å². The van der Waals surface area contributed by atoms with Crippen LogP contribution in [0.25, 0.3) is 0 Å². The number of methoxy groups -OCH3 is 1. The SMILES string of the molecule is COCc1cccc(C(O)c2cccc3c2OCCC3)c1. The molecule has 2 aromatic rings. The molecule has 1 atom stereocenters. The summed E-state index contributed by atoms with van der Waals surface area (Å²) in [5, 5.41) is 10.7. The van der Waals surface area contributed by atoms with Gasteiger partial charge in [-0.1, -0.05) is 42.5 Å². The van der Waals surface area contributed by atoms with E-state index in [4.69, 9.17) is 9.47 Å². The predicted molar refractivity (Wildman–Crippen MR) is 81.5 cm³/mol. The Hall–Kier alpha value is -1.84. The van der Waals surface area contributed by atoms with E-state index in [1.165, 1.54) is 5.56 Å². The molecule has 3 rings (SSSR count). The largest absolute Gasteiger partial charge is 0.493 e. The summed E-state index contributed by atoms with van der Waals surface area (Å²) in [4.78, 5) is 0. The minimum absolute atomic E-state index is 0.546. The van der Waals surface area contributed by atoms with E-state index in [0.29, 0.717) is 6.61 Å². The summed E-state index contributed by atoms with van der Waals surface area (Å²) < 4.78 is 10.9. The van der Waals surface area contributed by atoms with Crippen LogP contribution in [0.2, 0.25) is 0 Å². The first-order valence-corrected chi connectivity index (χ1v) is 7.30. The molecule has 21 heavy (non-hydrogen) atoms. The Morgan fingerprint density at radius 3 is 2.95 bits per heavy atom. The number of aryl methyl sites for hydroxylation is 1. The average Bonchev–Trinajstić information content (AvgIpc) is 2.54. The van der Waals surface area contributed by atoms with Gasteiger partial charge in [-0.15, -0.1) is 0 Å². The molecule has 0 amide bonds. The summed E-state index contributed by atoms with van der Waals surface area (Å²) in [7, 11) is 1.67. The first-order chi connectivity index (χ1) is 10.3. The zero-order valence-corrected chi connectivity index (χ0v) is 12.2. The summed E-state index contributed by atoms with van der Waals surface area (Å²) in [5.41, 5.74) is 3.96.